The lowest BCUT2D eigenvalue weighted by molar-refractivity contribution is -0.137. The smallest absolute Gasteiger partial charge is 0.303 e. The summed E-state index contributed by atoms with van der Waals surface area (Å²) >= 11 is 0. The lowest BCUT2D eigenvalue weighted by atomic mass is 9.94. The zero-order valence-corrected chi connectivity index (χ0v) is 14.9. The molecule has 2 N–H and O–H groups in total. The Morgan fingerprint density at radius 1 is 1.08 bits per heavy atom. The number of aryl methyl sites for hydroxylation is 1. The van der Waals surface area contributed by atoms with E-state index in [1.54, 1.807) is 6.20 Å². The number of hydrogen-bond donors (Lipinski definition) is 2. The van der Waals surface area contributed by atoms with Crippen molar-refractivity contribution in [2.45, 2.75) is 40.0 Å². The number of nitrogens with zero attached hydrogens (tertiary/aromatic N) is 1. The van der Waals surface area contributed by atoms with Crippen LogP contribution in [0.1, 0.15) is 39.3 Å². The number of nitrogens with one attached hydrogen (secondary N) is 1. The highest BCUT2D eigenvalue weighted by Gasteiger charge is 2.22. The molecule has 25 heavy (non-hydrogen) atoms. The first-order valence-corrected chi connectivity index (χ1v) is 8.35. The summed E-state index contributed by atoms with van der Waals surface area (Å²) in [7, 11) is 0. The third-order valence-electron chi connectivity index (χ3n) is 3.84. The van der Waals surface area contributed by atoms with E-state index in [9.17, 15) is 9.59 Å². The molecule has 0 fully saturated rings. The molecule has 5 heteroatoms. The number of hydrogen-bond acceptors (Lipinski definition) is 3. The number of carboxylic acids is 1. The first kappa shape index (κ1) is 18.6. The van der Waals surface area contributed by atoms with Crippen molar-refractivity contribution in [1.29, 1.82) is 0 Å². The average Bonchev–Trinajstić information content (AvgIpc) is 2.55. The minimum Gasteiger partial charge on any atom is -0.481 e. The zero-order chi connectivity index (χ0) is 18.4. The predicted octanol–water partition coefficient (Wildman–Crippen LogP) is 4.14. The molecule has 0 radical (unpaired) electrons. The molecule has 0 unspecified atom stereocenters. The molecule has 0 bridgehead atoms. The van der Waals surface area contributed by atoms with Crippen molar-refractivity contribution in [2.24, 2.45) is 5.41 Å². The Morgan fingerprint density at radius 2 is 1.76 bits per heavy atom. The van der Waals surface area contributed by atoms with Gasteiger partial charge in [-0.1, -0.05) is 45.0 Å². The van der Waals surface area contributed by atoms with Crippen LogP contribution in [0.4, 0.5) is 5.69 Å². The zero-order valence-electron chi connectivity index (χ0n) is 14.9. The Balaban J connectivity index is 2.33. The van der Waals surface area contributed by atoms with Gasteiger partial charge in [-0.2, -0.15) is 0 Å². The number of carbonyl (C=O) groups is 2. The molecule has 0 saturated carbocycles. The monoisotopic (exact) mass is 340 g/mol. The first-order valence-electron chi connectivity index (χ1n) is 8.35. The van der Waals surface area contributed by atoms with Crippen molar-refractivity contribution < 1.29 is 14.7 Å². The molecule has 132 valence electrons. The molecular formula is C20H24N2O3. The van der Waals surface area contributed by atoms with Gasteiger partial charge in [-0.15, -0.1) is 0 Å². The van der Waals surface area contributed by atoms with Crippen LogP contribution in [-0.2, 0) is 16.0 Å². The molecule has 0 spiro atoms. The number of aromatic nitrogens is 1. The van der Waals surface area contributed by atoms with E-state index >= 15 is 0 Å². The fraction of sp³-hybridized carbons (Fsp3) is 0.350. The normalized spacial score (nSPS) is 11.2. The maximum Gasteiger partial charge on any atom is 0.303 e. The summed E-state index contributed by atoms with van der Waals surface area (Å²) in [6.07, 6.45) is 2.91. The molecule has 2 aromatic rings. The minimum atomic E-state index is -0.810. The van der Waals surface area contributed by atoms with Gasteiger partial charge in [-0.25, -0.2) is 0 Å². The van der Waals surface area contributed by atoms with Gasteiger partial charge in [0.05, 0.1) is 0 Å². The number of aliphatic carboxylic acids is 1. The Hall–Kier alpha value is -2.69. The highest BCUT2D eigenvalue weighted by Crippen LogP contribution is 2.31. The van der Waals surface area contributed by atoms with E-state index in [0.29, 0.717) is 12.8 Å². The van der Waals surface area contributed by atoms with Gasteiger partial charge in [-0.3, -0.25) is 14.6 Å². The van der Waals surface area contributed by atoms with Gasteiger partial charge in [0.25, 0.3) is 0 Å². The number of para-hydroxylation sites is 1. The van der Waals surface area contributed by atoms with Crippen LogP contribution in [0, 0.1) is 5.41 Å². The second kappa shape index (κ2) is 7.92. The van der Waals surface area contributed by atoms with E-state index in [4.69, 9.17) is 5.11 Å². The highest BCUT2D eigenvalue weighted by atomic mass is 16.4. The SMILES string of the molecule is CC(C)(C)C(=O)Nc1ccccc1-c1cccnc1CCCC(=O)O. The number of carbonyl (C=O) groups excluding carboxylic acids is 1. The molecule has 5 nitrogen and oxygen atoms in total. The van der Waals surface area contributed by atoms with Gasteiger partial charge in [0.1, 0.15) is 0 Å². The van der Waals surface area contributed by atoms with Gasteiger partial charge < -0.3 is 10.4 Å². The lowest BCUT2D eigenvalue weighted by Crippen LogP contribution is -2.27. The van der Waals surface area contributed by atoms with Crippen molar-refractivity contribution in [3.05, 3.63) is 48.3 Å². The summed E-state index contributed by atoms with van der Waals surface area (Å²) in [4.78, 5) is 27.5. The van der Waals surface area contributed by atoms with Crippen molar-refractivity contribution in [1.82, 2.24) is 4.98 Å². The van der Waals surface area contributed by atoms with Crippen molar-refractivity contribution in [3.8, 4) is 11.1 Å². The maximum atomic E-state index is 12.4. The third kappa shape index (κ3) is 5.14. The molecular weight excluding hydrogens is 316 g/mol. The summed E-state index contributed by atoms with van der Waals surface area (Å²) in [5.74, 6) is -0.869. The van der Waals surface area contributed by atoms with E-state index in [-0.39, 0.29) is 12.3 Å². The van der Waals surface area contributed by atoms with Crippen LogP contribution in [0.15, 0.2) is 42.6 Å². The molecule has 1 aromatic heterocycles. The van der Waals surface area contributed by atoms with Crippen LogP contribution >= 0.6 is 0 Å². The Labute approximate surface area is 148 Å². The summed E-state index contributed by atoms with van der Waals surface area (Å²) in [6.45, 7) is 5.60. The van der Waals surface area contributed by atoms with E-state index < -0.39 is 11.4 Å². The third-order valence-corrected chi connectivity index (χ3v) is 3.84. The Kier molecular flexibility index (Phi) is 5.91. The Morgan fingerprint density at radius 3 is 2.44 bits per heavy atom. The second-order valence-electron chi connectivity index (χ2n) is 6.99. The van der Waals surface area contributed by atoms with Crippen molar-refractivity contribution in [3.63, 3.8) is 0 Å². The molecule has 0 aliphatic heterocycles. The summed E-state index contributed by atoms with van der Waals surface area (Å²) in [6, 6.07) is 11.4. The molecule has 1 amide bonds. The van der Waals surface area contributed by atoms with Crippen LogP contribution in [0.2, 0.25) is 0 Å². The maximum absolute atomic E-state index is 12.4. The van der Waals surface area contributed by atoms with E-state index in [1.807, 2.05) is 57.2 Å². The largest absolute Gasteiger partial charge is 0.481 e. The fourth-order valence-electron chi connectivity index (χ4n) is 2.43. The second-order valence-corrected chi connectivity index (χ2v) is 6.99. The van der Waals surface area contributed by atoms with Gasteiger partial charge in [0, 0.05) is 40.5 Å². The first-order chi connectivity index (χ1) is 11.8. The van der Waals surface area contributed by atoms with Gasteiger partial charge in [0.15, 0.2) is 0 Å². The summed E-state index contributed by atoms with van der Waals surface area (Å²) in [5.41, 5.74) is 2.87. The minimum absolute atomic E-state index is 0.0590. The number of amides is 1. The molecule has 2 rings (SSSR count). The van der Waals surface area contributed by atoms with Crippen molar-refractivity contribution >= 4 is 17.6 Å². The summed E-state index contributed by atoms with van der Waals surface area (Å²) in [5, 5.41) is 11.8. The Bertz CT molecular complexity index is 764. The van der Waals surface area contributed by atoms with E-state index in [1.165, 1.54) is 0 Å². The number of benzene rings is 1. The molecule has 1 aromatic carbocycles. The topological polar surface area (TPSA) is 79.3 Å². The molecule has 0 saturated heterocycles. The van der Waals surface area contributed by atoms with Crippen LogP contribution in [0.25, 0.3) is 11.1 Å². The van der Waals surface area contributed by atoms with Crippen molar-refractivity contribution in [2.75, 3.05) is 5.32 Å². The number of carboxylic acid groups (broad SMARTS) is 1. The molecule has 0 aliphatic carbocycles. The predicted molar refractivity (Wildman–Crippen MR) is 98.3 cm³/mol. The lowest BCUT2D eigenvalue weighted by Gasteiger charge is -2.20. The number of anilines is 1. The van der Waals surface area contributed by atoms with E-state index in [0.717, 1.165) is 22.5 Å². The highest BCUT2D eigenvalue weighted by molar-refractivity contribution is 5.98. The fourth-order valence-corrected chi connectivity index (χ4v) is 2.43. The number of rotatable bonds is 6. The molecule has 0 atom stereocenters. The van der Waals surface area contributed by atoms with Gasteiger partial charge >= 0.3 is 5.97 Å². The van der Waals surface area contributed by atoms with Crippen LogP contribution in [0.3, 0.4) is 0 Å². The number of pyridine rings is 1. The van der Waals surface area contributed by atoms with Gasteiger partial charge in [0.2, 0.25) is 5.91 Å². The van der Waals surface area contributed by atoms with Crippen LogP contribution in [-0.4, -0.2) is 22.0 Å². The summed E-state index contributed by atoms with van der Waals surface area (Å²) < 4.78 is 0. The average molecular weight is 340 g/mol. The molecule has 0 aliphatic rings. The standard InChI is InChI=1S/C20H24N2O3/c1-20(2,3)19(25)22-17-10-5-4-8-15(17)14-9-7-13-21-16(14)11-6-12-18(23)24/h4-5,7-10,13H,6,11-12H2,1-3H3,(H,22,25)(H,23,24). The van der Waals surface area contributed by atoms with Crippen LogP contribution in [0.5, 0.6) is 0 Å². The quantitative estimate of drug-likeness (QED) is 0.828. The van der Waals surface area contributed by atoms with Gasteiger partial charge in [-0.05, 0) is 25.0 Å². The van der Waals surface area contributed by atoms with Crippen LogP contribution < -0.4 is 5.32 Å². The van der Waals surface area contributed by atoms with E-state index in [2.05, 4.69) is 10.3 Å². The molecule has 1 heterocycles.